The number of hydrogen-bond donors (Lipinski definition) is 1. The average Bonchev–Trinajstić information content (AvgIpc) is 2.52. The molecule has 108 valence electrons. The van der Waals surface area contributed by atoms with E-state index in [9.17, 15) is 0 Å². The molecule has 4 heteroatoms. The Labute approximate surface area is 120 Å². The highest BCUT2D eigenvalue weighted by Gasteiger charge is 2.10. The van der Waals surface area contributed by atoms with Gasteiger partial charge >= 0.3 is 0 Å². The van der Waals surface area contributed by atoms with Gasteiger partial charge < -0.3 is 19.7 Å². The van der Waals surface area contributed by atoms with Crippen molar-refractivity contribution in [2.24, 2.45) is 0 Å². The summed E-state index contributed by atoms with van der Waals surface area (Å²) >= 11 is 0. The normalized spacial score (nSPS) is 19.4. The maximum Gasteiger partial charge on any atom is 0.161 e. The van der Waals surface area contributed by atoms with Gasteiger partial charge in [-0.1, -0.05) is 18.2 Å². The second-order valence-corrected chi connectivity index (χ2v) is 5.19. The SMILES string of the molecule is C(=C\c1ccc2c(c1)OCCO2)/CCN1CCNCC1. The average molecular weight is 274 g/mol. The van der Waals surface area contributed by atoms with Crippen molar-refractivity contribution in [3.8, 4) is 11.5 Å². The molecule has 0 aliphatic carbocycles. The Kier molecular flexibility index (Phi) is 4.56. The molecule has 0 amide bonds. The first-order chi connectivity index (χ1) is 9.92. The van der Waals surface area contributed by atoms with Crippen molar-refractivity contribution < 1.29 is 9.47 Å². The fourth-order valence-electron chi connectivity index (χ4n) is 2.57. The number of piperazine rings is 1. The molecule has 0 radical (unpaired) electrons. The van der Waals surface area contributed by atoms with E-state index in [1.165, 1.54) is 5.56 Å². The zero-order valence-electron chi connectivity index (χ0n) is 11.8. The number of hydrogen-bond acceptors (Lipinski definition) is 4. The third-order valence-corrected chi connectivity index (χ3v) is 3.70. The second kappa shape index (κ2) is 6.77. The second-order valence-electron chi connectivity index (χ2n) is 5.19. The Balaban J connectivity index is 1.50. The fourth-order valence-corrected chi connectivity index (χ4v) is 2.57. The van der Waals surface area contributed by atoms with Crippen LogP contribution >= 0.6 is 0 Å². The molecule has 0 bridgehead atoms. The molecule has 2 aliphatic heterocycles. The highest BCUT2D eigenvalue weighted by molar-refractivity contribution is 5.56. The van der Waals surface area contributed by atoms with Gasteiger partial charge in [0.25, 0.3) is 0 Å². The number of nitrogens with one attached hydrogen (secondary N) is 1. The standard InChI is InChI=1S/C16H22N2O2/c1(2-8-18-9-6-17-7-10-18)3-14-4-5-15-16(13-14)20-12-11-19-15/h1,3-5,13,17H,2,6-12H2/b3-1+. The van der Waals surface area contributed by atoms with Crippen molar-refractivity contribution in [1.82, 2.24) is 10.2 Å². The molecule has 0 saturated carbocycles. The molecule has 2 aliphatic rings. The van der Waals surface area contributed by atoms with Crippen LogP contribution in [0.1, 0.15) is 12.0 Å². The lowest BCUT2D eigenvalue weighted by molar-refractivity contribution is 0.171. The highest BCUT2D eigenvalue weighted by atomic mass is 16.6. The lowest BCUT2D eigenvalue weighted by atomic mass is 10.1. The van der Waals surface area contributed by atoms with Crippen molar-refractivity contribution in [2.45, 2.75) is 6.42 Å². The van der Waals surface area contributed by atoms with E-state index in [0.29, 0.717) is 13.2 Å². The van der Waals surface area contributed by atoms with Crippen LogP contribution in [0.15, 0.2) is 24.3 Å². The number of fused-ring (bicyclic) bond motifs is 1. The third kappa shape index (κ3) is 3.52. The summed E-state index contributed by atoms with van der Waals surface area (Å²) in [6, 6.07) is 6.12. The van der Waals surface area contributed by atoms with Crippen LogP contribution in [0.4, 0.5) is 0 Å². The van der Waals surface area contributed by atoms with Crippen LogP contribution in [-0.4, -0.2) is 50.8 Å². The summed E-state index contributed by atoms with van der Waals surface area (Å²) in [4.78, 5) is 2.50. The highest BCUT2D eigenvalue weighted by Crippen LogP contribution is 2.31. The Morgan fingerprint density at radius 2 is 1.90 bits per heavy atom. The van der Waals surface area contributed by atoms with E-state index in [1.807, 2.05) is 6.07 Å². The summed E-state index contributed by atoms with van der Waals surface area (Å²) in [5.74, 6) is 1.72. The molecule has 0 unspecified atom stereocenters. The number of nitrogens with zero attached hydrogens (tertiary/aromatic N) is 1. The molecule has 3 rings (SSSR count). The third-order valence-electron chi connectivity index (χ3n) is 3.70. The van der Waals surface area contributed by atoms with Crippen LogP contribution in [0.2, 0.25) is 0 Å². The minimum atomic E-state index is 0.642. The van der Waals surface area contributed by atoms with Gasteiger partial charge in [0.15, 0.2) is 11.5 Å². The quantitative estimate of drug-likeness (QED) is 0.907. The predicted octanol–water partition coefficient (Wildman–Crippen LogP) is 1.77. The van der Waals surface area contributed by atoms with Gasteiger partial charge in [0.1, 0.15) is 13.2 Å². The van der Waals surface area contributed by atoms with Crippen LogP contribution in [-0.2, 0) is 0 Å². The minimum absolute atomic E-state index is 0.642. The molecule has 1 fully saturated rings. The smallest absolute Gasteiger partial charge is 0.161 e. The largest absolute Gasteiger partial charge is 0.486 e. The van der Waals surface area contributed by atoms with Crippen LogP contribution in [0.3, 0.4) is 0 Å². The van der Waals surface area contributed by atoms with Crippen molar-refractivity contribution >= 4 is 6.08 Å². The summed E-state index contributed by atoms with van der Waals surface area (Å²) in [6.07, 6.45) is 5.50. The molecule has 0 aromatic heterocycles. The van der Waals surface area contributed by atoms with E-state index in [2.05, 4.69) is 34.5 Å². The molecule has 1 aromatic carbocycles. The van der Waals surface area contributed by atoms with E-state index >= 15 is 0 Å². The zero-order valence-corrected chi connectivity index (χ0v) is 11.8. The number of rotatable bonds is 4. The molecule has 0 atom stereocenters. The van der Waals surface area contributed by atoms with Crippen molar-refractivity contribution in [1.29, 1.82) is 0 Å². The van der Waals surface area contributed by atoms with Gasteiger partial charge in [0.2, 0.25) is 0 Å². The van der Waals surface area contributed by atoms with Gasteiger partial charge in [-0.05, 0) is 24.1 Å². The summed E-state index contributed by atoms with van der Waals surface area (Å²) in [7, 11) is 0. The maximum absolute atomic E-state index is 5.59. The molecule has 1 N–H and O–H groups in total. The lowest BCUT2D eigenvalue weighted by Gasteiger charge is -2.26. The topological polar surface area (TPSA) is 33.7 Å². The van der Waals surface area contributed by atoms with Crippen molar-refractivity contribution in [2.75, 3.05) is 45.9 Å². The summed E-state index contributed by atoms with van der Waals surface area (Å²) < 4.78 is 11.1. The van der Waals surface area contributed by atoms with Crippen LogP contribution in [0.5, 0.6) is 11.5 Å². The molecule has 1 saturated heterocycles. The summed E-state index contributed by atoms with van der Waals surface area (Å²) in [5, 5.41) is 3.37. The predicted molar refractivity (Wildman–Crippen MR) is 80.4 cm³/mol. The monoisotopic (exact) mass is 274 g/mol. The molecule has 1 aromatic rings. The number of benzene rings is 1. The van der Waals surface area contributed by atoms with Gasteiger partial charge in [0.05, 0.1) is 0 Å². The molecule has 20 heavy (non-hydrogen) atoms. The first-order valence-corrected chi connectivity index (χ1v) is 7.41. The molecule has 4 nitrogen and oxygen atoms in total. The van der Waals surface area contributed by atoms with Gasteiger partial charge in [0, 0.05) is 32.7 Å². The van der Waals surface area contributed by atoms with Crippen LogP contribution < -0.4 is 14.8 Å². The van der Waals surface area contributed by atoms with Crippen molar-refractivity contribution in [3.05, 3.63) is 29.8 Å². The van der Waals surface area contributed by atoms with Gasteiger partial charge in [-0.2, -0.15) is 0 Å². The van der Waals surface area contributed by atoms with E-state index in [1.54, 1.807) is 0 Å². The minimum Gasteiger partial charge on any atom is -0.486 e. The molecular formula is C16H22N2O2. The first kappa shape index (κ1) is 13.5. The zero-order chi connectivity index (χ0) is 13.6. The van der Waals surface area contributed by atoms with E-state index < -0.39 is 0 Å². The molecular weight excluding hydrogens is 252 g/mol. The summed E-state index contributed by atoms with van der Waals surface area (Å²) in [5.41, 5.74) is 1.18. The van der Waals surface area contributed by atoms with Gasteiger partial charge in [-0.3, -0.25) is 0 Å². The Bertz CT molecular complexity index is 468. The van der Waals surface area contributed by atoms with E-state index in [-0.39, 0.29) is 0 Å². The van der Waals surface area contributed by atoms with E-state index in [0.717, 1.165) is 50.6 Å². The Morgan fingerprint density at radius 3 is 2.75 bits per heavy atom. The van der Waals surface area contributed by atoms with Crippen molar-refractivity contribution in [3.63, 3.8) is 0 Å². The van der Waals surface area contributed by atoms with Crippen LogP contribution in [0, 0.1) is 0 Å². The van der Waals surface area contributed by atoms with Gasteiger partial charge in [-0.25, -0.2) is 0 Å². The number of ether oxygens (including phenoxy) is 2. The first-order valence-electron chi connectivity index (χ1n) is 7.41. The molecule has 2 heterocycles. The van der Waals surface area contributed by atoms with E-state index in [4.69, 9.17) is 9.47 Å². The molecule has 0 spiro atoms. The Hall–Kier alpha value is -1.52. The lowest BCUT2D eigenvalue weighted by Crippen LogP contribution is -2.43. The maximum atomic E-state index is 5.59. The van der Waals surface area contributed by atoms with Crippen LogP contribution in [0.25, 0.3) is 6.08 Å². The van der Waals surface area contributed by atoms with Gasteiger partial charge in [-0.15, -0.1) is 0 Å². The Morgan fingerprint density at radius 1 is 1.10 bits per heavy atom. The summed E-state index contributed by atoms with van der Waals surface area (Å²) in [6.45, 7) is 6.99. The fraction of sp³-hybridized carbons (Fsp3) is 0.500.